The van der Waals surface area contributed by atoms with Crippen molar-refractivity contribution in [3.8, 4) is 5.75 Å². The van der Waals surface area contributed by atoms with E-state index < -0.39 is 10.0 Å². The van der Waals surface area contributed by atoms with Crippen molar-refractivity contribution in [1.82, 2.24) is 14.7 Å². The second-order valence-electron chi connectivity index (χ2n) is 7.98. The third-order valence-corrected chi connectivity index (χ3v) is 8.81. The van der Waals surface area contributed by atoms with E-state index in [0.717, 1.165) is 5.69 Å². The maximum absolute atomic E-state index is 12.9. The molecule has 0 saturated carbocycles. The number of thiazole rings is 1. The number of nitrogens with one attached hydrogen (secondary N) is 2. The molecule has 1 aliphatic rings. The van der Waals surface area contributed by atoms with Crippen LogP contribution >= 0.6 is 22.9 Å². The van der Waals surface area contributed by atoms with Gasteiger partial charge < -0.3 is 10.1 Å². The molecule has 190 valence electrons. The molecule has 1 amide bonds. The number of aromatic nitrogens is 1. The van der Waals surface area contributed by atoms with Crippen LogP contribution in [0.3, 0.4) is 0 Å². The van der Waals surface area contributed by atoms with Crippen molar-refractivity contribution in [2.45, 2.75) is 24.7 Å². The van der Waals surface area contributed by atoms with E-state index in [1.165, 1.54) is 21.9 Å². The number of ether oxygens (including phenoxy) is 1. The minimum atomic E-state index is -3.63. The van der Waals surface area contributed by atoms with E-state index in [2.05, 4.69) is 20.8 Å². The predicted molar refractivity (Wildman–Crippen MR) is 142 cm³/mol. The average Bonchev–Trinajstić information content (AvgIpc) is 3.23. The Labute approximate surface area is 219 Å². The molecular formula is C24H26ClN5O4S2. The molecule has 36 heavy (non-hydrogen) atoms. The van der Waals surface area contributed by atoms with Crippen LogP contribution in [0.4, 0.5) is 10.8 Å². The van der Waals surface area contributed by atoms with Gasteiger partial charge in [0.05, 0.1) is 22.6 Å². The fraction of sp³-hybridized carbons (Fsp3) is 0.292. The standard InChI is InChI=1S/C24H26ClN5O4S2/c1-2-34-19-8-10-20(11-9-19)36(32,33)30-14-12-17(13-15-30)23(31)29-26-16-21-22(25)28-24(35-21)27-18-6-4-3-5-7-18/h3-11,16-17H,2,12-15H2,1H3,(H,27,28)(H,29,31). The molecule has 0 unspecified atom stereocenters. The summed E-state index contributed by atoms with van der Waals surface area (Å²) in [5.41, 5.74) is 3.42. The Hall–Kier alpha value is -2.99. The molecule has 1 saturated heterocycles. The molecule has 4 rings (SSSR count). The third-order valence-electron chi connectivity index (χ3n) is 5.59. The Morgan fingerprint density at radius 2 is 1.89 bits per heavy atom. The number of amides is 1. The number of nitrogens with zero attached hydrogens (tertiary/aromatic N) is 3. The maximum Gasteiger partial charge on any atom is 0.243 e. The highest BCUT2D eigenvalue weighted by Crippen LogP contribution is 2.28. The first-order valence-electron chi connectivity index (χ1n) is 11.4. The van der Waals surface area contributed by atoms with Crippen LogP contribution in [0.1, 0.15) is 24.6 Å². The molecular weight excluding hydrogens is 522 g/mol. The van der Waals surface area contributed by atoms with E-state index in [1.807, 2.05) is 37.3 Å². The van der Waals surface area contributed by atoms with Gasteiger partial charge in [-0.1, -0.05) is 41.1 Å². The van der Waals surface area contributed by atoms with Crippen molar-refractivity contribution in [2.24, 2.45) is 11.0 Å². The number of halogens is 1. The maximum atomic E-state index is 12.9. The monoisotopic (exact) mass is 547 g/mol. The first kappa shape index (κ1) is 26.1. The largest absolute Gasteiger partial charge is 0.494 e. The summed E-state index contributed by atoms with van der Waals surface area (Å²) in [5.74, 6) is 0.0319. The Balaban J connectivity index is 1.28. The molecule has 0 aliphatic carbocycles. The molecule has 0 bridgehead atoms. The van der Waals surface area contributed by atoms with Crippen molar-refractivity contribution in [2.75, 3.05) is 25.0 Å². The summed E-state index contributed by atoms with van der Waals surface area (Å²) in [5, 5.41) is 8.09. The Kier molecular flexibility index (Phi) is 8.57. The lowest BCUT2D eigenvalue weighted by atomic mass is 9.98. The van der Waals surface area contributed by atoms with Gasteiger partial charge in [0, 0.05) is 24.7 Å². The van der Waals surface area contributed by atoms with Gasteiger partial charge in [-0.2, -0.15) is 9.41 Å². The molecule has 1 aliphatic heterocycles. The SMILES string of the molecule is CCOc1ccc(S(=O)(=O)N2CCC(C(=O)NN=Cc3sc(Nc4ccccc4)nc3Cl)CC2)cc1. The fourth-order valence-electron chi connectivity index (χ4n) is 3.72. The minimum absolute atomic E-state index is 0.209. The van der Waals surface area contributed by atoms with Crippen LogP contribution in [0, 0.1) is 5.92 Å². The van der Waals surface area contributed by atoms with Crippen LogP contribution in [-0.2, 0) is 14.8 Å². The number of hydrogen-bond acceptors (Lipinski definition) is 8. The third kappa shape index (κ3) is 6.41. The molecule has 0 atom stereocenters. The van der Waals surface area contributed by atoms with Gasteiger partial charge in [-0.15, -0.1) is 0 Å². The molecule has 3 aromatic rings. The number of carbonyl (C=O) groups is 1. The quantitative estimate of drug-likeness (QED) is 0.301. The first-order valence-corrected chi connectivity index (χ1v) is 14.0. The second kappa shape index (κ2) is 11.8. The molecule has 9 nitrogen and oxygen atoms in total. The van der Waals surface area contributed by atoms with E-state index in [4.69, 9.17) is 16.3 Å². The first-order chi connectivity index (χ1) is 17.4. The number of para-hydroxylation sites is 1. The van der Waals surface area contributed by atoms with Gasteiger partial charge in [-0.3, -0.25) is 4.79 Å². The lowest BCUT2D eigenvalue weighted by molar-refractivity contribution is -0.126. The smallest absolute Gasteiger partial charge is 0.243 e. The number of piperidine rings is 1. The van der Waals surface area contributed by atoms with E-state index in [1.54, 1.807) is 24.3 Å². The minimum Gasteiger partial charge on any atom is -0.494 e. The van der Waals surface area contributed by atoms with Crippen molar-refractivity contribution >= 4 is 55.9 Å². The normalized spacial score (nSPS) is 15.2. The van der Waals surface area contributed by atoms with E-state index >= 15 is 0 Å². The summed E-state index contributed by atoms with van der Waals surface area (Å²) >= 11 is 7.50. The molecule has 2 heterocycles. The lowest BCUT2D eigenvalue weighted by Crippen LogP contribution is -2.42. The zero-order valence-corrected chi connectivity index (χ0v) is 21.9. The van der Waals surface area contributed by atoms with Crippen molar-refractivity contribution < 1.29 is 17.9 Å². The lowest BCUT2D eigenvalue weighted by Gasteiger charge is -2.30. The Morgan fingerprint density at radius 1 is 1.19 bits per heavy atom. The van der Waals surface area contributed by atoms with E-state index in [-0.39, 0.29) is 35.0 Å². The summed E-state index contributed by atoms with van der Waals surface area (Å²) < 4.78 is 32.7. The number of sulfonamides is 1. The van der Waals surface area contributed by atoms with Crippen LogP contribution in [0.25, 0.3) is 0 Å². The average molecular weight is 548 g/mol. The van der Waals surface area contributed by atoms with Crippen LogP contribution in [0.15, 0.2) is 64.6 Å². The highest BCUT2D eigenvalue weighted by atomic mass is 35.5. The molecule has 2 N–H and O–H groups in total. The summed E-state index contributed by atoms with van der Waals surface area (Å²) in [6.45, 7) is 2.89. The highest BCUT2D eigenvalue weighted by molar-refractivity contribution is 7.89. The summed E-state index contributed by atoms with van der Waals surface area (Å²) in [7, 11) is -3.63. The Bertz CT molecular complexity index is 1310. The molecule has 0 radical (unpaired) electrons. The molecule has 0 spiro atoms. The van der Waals surface area contributed by atoms with Crippen molar-refractivity contribution in [1.29, 1.82) is 0 Å². The van der Waals surface area contributed by atoms with Gasteiger partial charge in [-0.25, -0.2) is 18.8 Å². The predicted octanol–water partition coefficient (Wildman–Crippen LogP) is 4.49. The van der Waals surface area contributed by atoms with Gasteiger partial charge in [0.25, 0.3) is 0 Å². The molecule has 2 aromatic carbocycles. The number of benzene rings is 2. The molecule has 1 fully saturated rings. The van der Waals surface area contributed by atoms with Crippen molar-refractivity contribution in [3.05, 3.63) is 64.6 Å². The van der Waals surface area contributed by atoms with Crippen molar-refractivity contribution in [3.63, 3.8) is 0 Å². The topological polar surface area (TPSA) is 113 Å². The zero-order chi connectivity index (χ0) is 25.5. The number of anilines is 2. The van der Waals surface area contributed by atoms with Gasteiger partial charge >= 0.3 is 0 Å². The second-order valence-corrected chi connectivity index (χ2v) is 11.3. The number of rotatable bonds is 9. The van der Waals surface area contributed by atoms with Gasteiger partial charge in [0.15, 0.2) is 10.3 Å². The molecule has 12 heteroatoms. The summed E-state index contributed by atoms with van der Waals surface area (Å²) in [4.78, 5) is 17.7. The highest BCUT2D eigenvalue weighted by Gasteiger charge is 2.32. The number of hydrogen-bond donors (Lipinski definition) is 2. The van der Waals surface area contributed by atoms with Crippen LogP contribution < -0.4 is 15.5 Å². The Morgan fingerprint density at radius 3 is 2.56 bits per heavy atom. The zero-order valence-electron chi connectivity index (χ0n) is 19.6. The van der Waals surface area contributed by atoms with E-state index in [0.29, 0.717) is 35.2 Å². The van der Waals surface area contributed by atoms with Gasteiger partial charge in [0.2, 0.25) is 15.9 Å². The van der Waals surface area contributed by atoms with Gasteiger partial charge in [0.1, 0.15) is 5.75 Å². The summed E-state index contributed by atoms with van der Waals surface area (Å²) in [6.07, 6.45) is 2.27. The number of hydrazone groups is 1. The fourth-order valence-corrected chi connectivity index (χ4v) is 6.24. The van der Waals surface area contributed by atoms with Crippen LogP contribution in [0.5, 0.6) is 5.75 Å². The summed E-state index contributed by atoms with van der Waals surface area (Å²) in [6, 6.07) is 15.9. The number of carbonyl (C=O) groups excluding carboxylic acids is 1. The van der Waals surface area contributed by atoms with Crippen LogP contribution in [0.2, 0.25) is 5.15 Å². The van der Waals surface area contributed by atoms with Gasteiger partial charge in [-0.05, 0) is 56.2 Å². The van der Waals surface area contributed by atoms with Crippen LogP contribution in [-0.4, -0.2) is 49.5 Å². The van der Waals surface area contributed by atoms with E-state index in [9.17, 15) is 13.2 Å². The molecule has 1 aromatic heterocycles.